The lowest BCUT2D eigenvalue weighted by molar-refractivity contribution is 0.542. The van der Waals surface area contributed by atoms with Gasteiger partial charge in [0.2, 0.25) is 0 Å². The number of sulfone groups is 1. The average Bonchev–Trinajstić information content (AvgIpc) is 2.11. The Morgan fingerprint density at radius 3 is 2.07 bits per heavy atom. The van der Waals surface area contributed by atoms with Gasteiger partial charge < -0.3 is 0 Å². The SMILES string of the molecule is CC(C)C(C)S(=O)(=O)CCCCCBr. The fourth-order valence-electron chi connectivity index (χ4n) is 1.18. The van der Waals surface area contributed by atoms with Crippen LogP contribution in [0.4, 0.5) is 0 Å². The summed E-state index contributed by atoms with van der Waals surface area (Å²) in [6.07, 6.45) is 2.85. The van der Waals surface area contributed by atoms with Crippen LogP contribution in [0.15, 0.2) is 0 Å². The van der Waals surface area contributed by atoms with Crippen LogP contribution in [0, 0.1) is 5.92 Å². The van der Waals surface area contributed by atoms with Crippen molar-refractivity contribution in [2.75, 3.05) is 11.1 Å². The third-order valence-electron chi connectivity index (χ3n) is 2.57. The normalized spacial score (nSPS) is 14.6. The molecule has 0 N–H and O–H groups in total. The highest BCUT2D eigenvalue weighted by Crippen LogP contribution is 2.14. The molecule has 0 aromatic carbocycles. The summed E-state index contributed by atoms with van der Waals surface area (Å²) in [5.74, 6) is 0.565. The smallest absolute Gasteiger partial charge is 0.153 e. The number of unbranched alkanes of at least 4 members (excludes halogenated alkanes) is 2. The standard InChI is InChI=1S/C10H21BrO2S/c1-9(2)10(3)14(12,13)8-6-4-5-7-11/h9-10H,4-8H2,1-3H3. The summed E-state index contributed by atoms with van der Waals surface area (Å²) in [5, 5.41) is 0.763. The number of halogens is 1. The van der Waals surface area contributed by atoms with E-state index in [0.717, 1.165) is 24.6 Å². The molecule has 1 atom stereocenters. The summed E-state index contributed by atoms with van der Waals surface area (Å²) >= 11 is 3.33. The molecule has 0 amide bonds. The van der Waals surface area contributed by atoms with Gasteiger partial charge in [-0.2, -0.15) is 0 Å². The van der Waals surface area contributed by atoms with Gasteiger partial charge in [-0.05, 0) is 25.7 Å². The minimum Gasteiger partial charge on any atom is -0.229 e. The van der Waals surface area contributed by atoms with E-state index >= 15 is 0 Å². The second-order valence-electron chi connectivity index (χ2n) is 4.07. The summed E-state index contributed by atoms with van der Waals surface area (Å²) in [4.78, 5) is 0. The van der Waals surface area contributed by atoms with Crippen LogP contribution in [-0.4, -0.2) is 24.8 Å². The first kappa shape index (κ1) is 14.4. The monoisotopic (exact) mass is 284 g/mol. The van der Waals surface area contributed by atoms with Gasteiger partial charge in [-0.15, -0.1) is 0 Å². The van der Waals surface area contributed by atoms with E-state index in [4.69, 9.17) is 0 Å². The molecule has 0 radical (unpaired) electrons. The maximum absolute atomic E-state index is 11.7. The van der Waals surface area contributed by atoms with Crippen molar-refractivity contribution >= 4 is 25.8 Å². The van der Waals surface area contributed by atoms with E-state index in [2.05, 4.69) is 15.9 Å². The van der Waals surface area contributed by atoms with E-state index < -0.39 is 9.84 Å². The number of rotatable bonds is 7. The van der Waals surface area contributed by atoms with Crippen LogP contribution < -0.4 is 0 Å². The topological polar surface area (TPSA) is 34.1 Å². The van der Waals surface area contributed by atoms with Crippen molar-refractivity contribution in [2.24, 2.45) is 5.92 Å². The molecule has 0 aliphatic heterocycles. The van der Waals surface area contributed by atoms with E-state index in [9.17, 15) is 8.42 Å². The molecule has 0 spiro atoms. The first-order valence-electron chi connectivity index (χ1n) is 5.19. The summed E-state index contributed by atoms with van der Waals surface area (Å²) in [6.45, 7) is 5.73. The Bertz CT molecular complexity index is 235. The van der Waals surface area contributed by atoms with E-state index in [1.165, 1.54) is 0 Å². The molecule has 86 valence electrons. The maximum Gasteiger partial charge on any atom is 0.153 e. The van der Waals surface area contributed by atoms with Gasteiger partial charge >= 0.3 is 0 Å². The second-order valence-corrected chi connectivity index (χ2v) is 7.34. The van der Waals surface area contributed by atoms with Crippen molar-refractivity contribution in [3.8, 4) is 0 Å². The van der Waals surface area contributed by atoms with Crippen molar-refractivity contribution < 1.29 is 8.42 Å². The molecule has 0 saturated carbocycles. The molecule has 14 heavy (non-hydrogen) atoms. The summed E-state index contributed by atoms with van der Waals surface area (Å²) in [6, 6.07) is 0. The Hall–Kier alpha value is 0.430. The molecule has 0 heterocycles. The van der Waals surface area contributed by atoms with Gasteiger partial charge in [0.15, 0.2) is 9.84 Å². The van der Waals surface area contributed by atoms with Gasteiger partial charge in [0.25, 0.3) is 0 Å². The molecule has 0 bridgehead atoms. The molecule has 0 aromatic heterocycles. The first-order chi connectivity index (χ1) is 6.41. The Morgan fingerprint density at radius 2 is 1.64 bits per heavy atom. The summed E-state index contributed by atoms with van der Waals surface area (Å²) in [7, 11) is -2.86. The van der Waals surface area contributed by atoms with Crippen molar-refractivity contribution in [1.29, 1.82) is 0 Å². The van der Waals surface area contributed by atoms with Crippen LogP contribution in [0.25, 0.3) is 0 Å². The Morgan fingerprint density at radius 1 is 1.07 bits per heavy atom. The van der Waals surface area contributed by atoms with E-state index in [-0.39, 0.29) is 11.2 Å². The predicted octanol–water partition coefficient (Wildman–Crippen LogP) is 3.01. The maximum atomic E-state index is 11.7. The minimum atomic E-state index is -2.86. The molecule has 2 nitrogen and oxygen atoms in total. The summed E-state index contributed by atoms with van der Waals surface area (Å²) in [5.41, 5.74) is 0. The van der Waals surface area contributed by atoms with Crippen LogP contribution in [0.1, 0.15) is 40.0 Å². The first-order valence-corrected chi connectivity index (χ1v) is 8.03. The zero-order chi connectivity index (χ0) is 11.2. The van der Waals surface area contributed by atoms with Gasteiger partial charge in [-0.1, -0.05) is 36.2 Å². The third kappa shape index (κ3) is 5.35. The minimum absolute atomic E-state index is 0.202. The molecule has 0 aliphatic carbocycles. The van der Waals surface area contributed by atoms with Gasteiger partial charge in [0, 0.05) is 5.33 Å². The number of hydrogen-bond donors (Lipinski definition) is 0. The molecule has 0 rings (SSSR count). The van der Waals surface area contributed by atoms with Gasteiger partial charge in [0.1, 0.15) is 0 Å². The number of alkyl halides is 1. The lowest BCUT2D eigenvalue weighted by Crippen LogP contribution is -2.25. The molecular formula is C10H21BrO2S. The molecule has 0 aliphatic rings. The second kappa shape index (κ2) is 6.83. The fourth-order valence-corrected chi connectivity index (χ4v) is 3.38. The van der Waals surface area contributed by atoms with Crippen molar-refractivity contribution in [3.63, 3.8) is 0 Å². The Balaban J connectivity index is 3.96. The van der Waals surface area contributed by atoms with Crippen molar-refractivity contribution in [1.82, 2.24) is 0 Å². The van der Waals surface area contributed by atoms with Crippen LogP contribution in [0.5, 0.6) is 0 Å². The van der Waals surface area contributed by atoms with Crippen LogP contribution in [0.2, 0.25) is 0 Å². The van der Waals surface area contributed by atoms with Crippen molar-refractivity contribution in [3.05, 3.63) is 0 Å². The van der Waals surface area contributed by atoms with Gasteiger partial charge in [-0.25, -0.2) is 8.42 Å². The van der Waals surface area contributed by atoms with Crippen LogP contribution in [-0.2, 0) is 9.84 Å². The van der Waals surface area contributed by atoms with E-state index in [1.807, 2.05) is 20.8 Å². The Labute approximate surface area is 96.5 Å². The zero-order valence-corrected chi connectivity index (χ0v) is 11.7. The molecule has 4 heteroatoms. The quantitative estimate of drug-likeness (QED) is 0.532. The average molecular weight is 285 g/mol. The highest BCUT2D eigenvalue weighted by molar-refractivity contribution is 9.09. The molecular weight excluding hydrogens is 264 g/mol. The van der Waals surface area contributed by atoms with Crippen molar-refractivity contribution in [2.45, 2.75) is 45.3 Å². The zero-order valence-electron chi connectivity index (χ0n) is 9.29. The van der Waals surface area contributed by atoms with Gasteiger partial charge in [0.05, 0.1) is 11.0 Å². The fraction of sp³-hybridized carbons (Fsp3) is 1.00. The van der Waals surface area contributed by atoms with Gasteiger partial charge in [-0.3, -0.25) is 0 Å². The number of hydrogen-bond acceptors (Lipinski definition) is 2. The highest BCUT2D eigenvalue weighted by atomic mass is 79.9. The lowest BCUT2D eigenvalue weighted by Gasteiger charge is -2.15. The van der Waals surface area contributed by atoms with E-state index in [1.54, 1.807) is 0 Å². The lowest BCUT2D eigenvalue weighted by atomic mass is 10.2. The molecule has 1 unspecified atom stereocenters. The Kier molecular flexibility index (Phi) is 7.04. The van der Waals surface area contributed by atoms with E-state index in [0.29, 0.717) is 5.75 Å². The third-order valence-corrected chi connectivity index (χ3v) is 5.66. The summed E-state index contributed by atoms with van der Waals surface area (Å²) < 4.78 is 23.4. The van der Waals surface area contributed by atoms with Crippen LogP contribution in [0.3, 0.4) is 0 Å². The molecule has 0 aromatic rings. The highest BCUT2D eigenvalue weighted by Gasteiger charge is 2.22. The molecule has 0 fully saturated rings. The predicted molar refractivity (Wildman–Crippen MR) is 65.7 cm³/mol. The molecule has 0 saturated heterocycles. The van der Waals surface area contributed by atoms with Crippen LogP contribution >= 0.6 is 15.9 Å². The largest absolute Gasteiger partial charge is 0.229 e.